The van der Waals surface area contributed by atoms with E-state index in [9.17, 15) is 0 Å². The molecule has 1 N–H and O–H groups in total. The van der Waals surface area contributed by atoms with E-state index in [-0.39, 0.29) is 5.41 Å². The van der Waals surface area contributed by atoms with Crippen LogP contribution in [0, 0.1) is 6.92 Å². The Morgan fingerprint density at radius 1 is 1.43 bits per heavy atom. The van der Waals surface area contributed by atoms with Crippen molar-refractivity contribution in [2.24, 2.45) is 0 Å². The summed E-state index contributed by atoms with van der Waals surface area (Å²) in [5, 5.41) is 9.29. The molecule has 5 nitrogen and oxygen atoms in total. The fraction of sp³-hybridized carbons (Fsp3) is 0.667. The van der Waals surface area contributed by atoms with E-state index in [2.05, 4.69) is 41.2 Å². The van der Waals surface area contributed by atoms with Crippen LogP contribution in [0.25, 0.3) is 0 Å². The van der Waals surface area contributed by atoms with Gasteiger partial charge in [0.2, 0.25) is 0 Å². The molecule has 0 aliphatic carbocycles. The zero-order chi connectivity index (χ0) is 15.0. The Labute approximate surface area is 129 Å². The molecule has 114 valence electrons. The highest BCUT2D eigenvalue weighted by Crippen LogP contribution is 2.26. The van der Waals surface area contributed by atoms with Gasteiger partial charge in [-0.25, -0.2) is 14.6 Å². The minimum Gasteiger partial charge on any atom is -0.307 e. The van der Waals surface area contributed by atoms with Crippen LogP contribution in [-0.2, 0) is 24.9 Å². The van der Waals surface area contributed by atoms with Crippen molar-refractivity contribution in [3.8, 4) is 0 Å². The second kappa shape index (κ2) is 5.50. The first-order valence-corrected chi connectivity index (χ1v) is 8.32. The van der Waals surface area contributed by atoms with E-state index in [1.807, 2.05) is 29.1 Å². The average molecular weight is 305 g/mol. The molecular formula is C15H23N5S. The van der Waals surface area contributed by atoms with Crippen LogP contribution >= 0.6 is 11.3 Å². The molecule has 1 aliphatic heterocycles. The molecule has 2 aromatic heterocycles. The molecule has 0 saturated heterocycles. The van der Waals surface area contributed by atoms with Crippen molar-refractivity contribution in [2.45, 2.75) is 65.1 Å². The smallest absolute Gasteiger partial charge is 0.147 e. The number of nitrogens with one attached hydrogen (secondary N) is 1. The first-order chi connectivity index (χ1) is 9.91. The van der Waals surface area contributed by atoms with Gasteiger partial charge in [0, 0.05) is 35.5 Å². The molecule has 0 unspecified atom stereocenters. The number of aromatic nitrogens is 4. The number of rotatable bonds is 3. The minimum atomic E-state index is 0.140. The topological polar surface area (TPSA) is 55.6 Å². The molecular weight excluding hydrogens is 282 g/mol. The molecule has 0 saturated carbocycles. The Kier molecular flexibility index (Phi) is 3.84. The predicted octanol–water partition coefficient (Wildman–Crippen LogP) is 2.45. The quantitative estimate of drug-likeness (QED) is 0.946. The fourth-order valence-corrected chi connectivity index (χ4v) is 3.50. The second-order valence-electron chi connectivity index (χ2n) is 6.76. The summed E-state index contributed by atoms with van der Waals surface area (Å²) in [7, 11) is 0. The summed E-state index contributed by atoms with van der Waals surface area (Å²) in [4.78, 5) is 10.3. The Morgan fingerprint density at radius 2 is 2.24 bits per heavy atom. The van der Waals surface area contributed by atoms with Crippen molar-refractivity contribution in [1.82, 2.24) is 25.1 Å². The summed E-state index contributed by atoms with van der Waals surface area (Å²) in [5.74, 6) is 2.00. The van der Waals surface area contributed by atoms with Crippen LogP contribution in [0.3, 0.4) is 0 Å². The fourth-order valence-electron chi connectivity index (χ4n) is 2.58. The maximum Gasteiger partial charge on any atom is 0.147 e. The maximum absolute atomic E-state index is 4.54. The largest absolute Gasteiger partial charge is 0.307 e. The number of fused-ring (bicyclic) bond motifs is 1. The lowest BCUT2D eigenvalue weighted by molar-refractivity contribution is 0.358. The lowest BCUT2D eigenvalue weighted by Gasteiger charge is -2.23. The SMILES string of the molecule is Cc1nc2n(n1)C[C@H](NCc1cnc(C(C)(C)C)s1)CC2. The Hall–Kier alpha value is -1.27. The van der Waals surface area contributed by atoms with Gasteiger partial charge in [0.15, 0.2) is 0 Å². The van der Waals surface area contributed by atoms with Crippen molar-refractivity contribution in [2.75, 3.05) is 0 Å². The molecule has 0 radical (unpaired) electrons. The minimum absolute atomic E-state index is 0.140. The van der Waals surface area contributed by atoms with Gasteiger partial charge >= 0.3 is 0 Å². The van der Waals surface area contributed by atoms with Crippen LogP contribution in [0.4, 0.5) is 0 Å². The van der Waals surface area contributed by atoms with E-state index < -0.39 is 0 Å². The summed E-state index contributed by atoms with van der Waals surface area (Å²) >= 11 is 1.81. The normalized spacial score (nSPS) is 18.8. The van der Waals surface area contributed by atoms with Gasteiger partial charge in [-0.15, -0.1) is 11.3 Å². The third-order valence-electron chi connectivity index (χ3n) is 3.72. The van der Waals surface area contributed by atoms with E-state index in [0.717, 1.165) is 37.6 Å². The first kappa shape index (κ1) is 14.7. The standard InChI is InChI=1S/C15H23N5S/c1-10-18-13-6-5-11(9-20(13)19-10)16-7-12-8-17-14(21-12)15(2,3)4/h8,11,16H,5-7,9H2,1-4H3/t11-/m1/s1. The maximum atomic E-state index is 4.54. The van der Waals surface area contributed by atoms with Gasteiger partial charge in [0.05, 0.1) is 11.6 Å². The van der Waals surface area contributed by atoms with E-state index in [1.54, 1.807) is 0 Å². The highest BCUT2D eigenvalue weighted by Gasteiger charge is 2.21. The molecule has 0 fully saturated rings. The zero-order valence-electron chi connectivity index (χ0n) is 13.2. The molecule has 3 rings (SSSR count). The molecule has 0 bridgehead atoms. The average Bonchev–Trinajstić information content (AvgIpc) is 3.00. The number of hydrogen-bond acceptors (Lipinski definition) is 5. The van der Waals surface area contributed by atoms with Crippen LogP contribution in [0.1, 0.15) is 48.7 Å². The van der Waals surface area contributed by atoms with E-state index >= 15 is 0 Å². The van der Waals surface area contributed by atoms with Crippen molar-refractivity contribution in [3.63, 3.8) is 0 Å². The third-order valence-corrected chi connectivity index (χ3v) is 5.15. The number of hydrogen-bond donors (Lipinski definition) is 1. The van der Waals surface area contributed by atoms with Crippen LogP contribution < -0.4 is 5.32 Å². The molecule has 1 aliphatic rings. The molecule has 0 spiro atoms. The van der Waals surface area contributed by atoms with E-state index in [4.69, 9.17) is 0 Å². The first-order valence-electron chi connectivity index (χ1n) is 7.51. The van der Waals surface area contributed by atoms with Crippen LogP contribution in [0.2, 0.25) is 0 Å². The summed E-state index contributed by atoms with van der Waals surface area (Å²) in [6.45, 7) is 10.4. The second-order valence-corrected chi connectivity index (χ2v) is 7.87. The van der Waals surface area contributed by atoms with Gasteiger partial charge in [0.25, 0.3) is 0 Å². The van der Waals surface area contributed by atoms with Crippen LogP contribution in [0.5, 0.6) is 0 Å². The van der Waals surface area contributed by atoms with E-state index in [0.29, 0.717) is 6.04 Å². The Bertz CT molecular complexity index is 622. The number of nitrogens with zero attached hydrogens (tertiary/aromatic N) is 4. The van der Waals surface area contributed by atoms with Gasteiger partial charge in [-0.2, -0.15) is 5.10 Å². The summed E-state index contributed by atoms with van der Waals surface area (Å²) in [5.41, 5.74) is 0.140. The highest BCUT2D eigenvalue weighted by atomic mass is 32.1. The molecule has 0 amide bonds. The van der Waals surface area contributed by atoms with Crippen LogP contribution in [-0.4, -0.2) is 25.8 Å². The van der Waals surface area contributed by atoms with Gasteiger partial charge in [-0.3, -0.25) is 0 Å². The highest BCUT2D eigenvalue weighted by molar-refractivity contribution is 7.11. The molecule has 1 atom stereocenters. The molecule has 21 heavy (non-hydrogen) atoms. The van der Waals surface area contributed by atoms with Gasteiger partial charge in [-0.05, 0) is 13.3 Å². The van der Waals surface area contributed by atoms with Crippen molar-refractivity contribution in [1.29, 1.82) is 0 Å². The third kappa shape index (κ3) is 3.32. The van der Waals surface area contributed by atoms with Crippen molar-refractivity contribution < 1.29 is 0 Å². The van der Waals surface area contributed by atoms with Gasteiger partial charge in [-0.1, -0.05) is 20.8 Å². The summed E-state index contributed by atoms with van der Waals surface area (Å²) in [6.07, 6.45) is 4.14. The predicted molar refractivity (Wildman–Crippen MR) is 84.5 cm³/mol. The van der Waals surface area contributed by atoms with E-state index in [1.165, 1.54) is 9.88 Å². The lowest BCUT2D eigenvalue weighted by Crippen LogP contribution is -2.37. The monoisotopic (exact) mass is 305 g/mol. The molecule has 3 heterocycles. The van der Waals surface area contributed by atoms with Crippen molar-refractivity contribution in [3.05, 3.63) is 27.7 Å². The molecule has 0 aromatic carbocycles. The number of aryl methyl sites for hydroxylation is 2. The Morgan fingerprint density at radius 3 is 2.95 bits per heavy atom. The summed E-state index contributed by atoms with van der Waals surface area (Å²) < 4.78 is 2.05. The van der Waals surface area contributed by atoms with Crippen LogP contribution in [0.15, 0.2) is 6.20 Å². The Balaban J connectivity index is 1.58. The molecule has 2 aromatic rings. The summed E-state index contributed by atoms with van der Waals surface area (Å²) in [6, 6.07) is 0.471. The molecule has 6 heteroatoms. The zero-order valence-corrected chi connectivity index (χ0v) is 14.0. The van der Waals surface area contributed by atoms with Gasteiger partial charge in [0.1, 0.15) is 11.6 Å². The van der Waals surface area contributed by atoms with Crippen molar-refractivity contribution >= 4 is 11.3 Å². The van der Waals surface area contributed by atoms with Gasteiger partial charge < -0.3 is 5.32 Å². The lowest BCUT2D eigenvalue weighted by atomic mass is 9.98. The number of thiazole rings is 1.